The van der Waals surface area contributed by atoms with Gasteiger partial charge in [0.2, 0.25) is 0 Å². The van der Waals surface area contributed by atoms with Gasteiger partial charge in [-0.25, -0.2) is 0 Å². The second kappa shape index (κ2) is 7.51. The van der Waals surface area contributed by atoms with Crippen molar-refractivity contribution in [1.29, 1.82) is 5.26 Å². The first-order chi connectivity index (χ1) is 12.4. The topological polar surface area (TPSA) is 62.1 Å². The maximum atomic E-state index is 12.4. The van der Waals surface area contributed by atoms with Crippen LogP contribution in [0.15, 0.2) is 24.3 Å². The summed E-state index contributed by atoms with van der Waals surface area (Å²) >= 11 is 1.53. The number of carbonyl (C=O) groups is 1. The fourth-order valence-electron chi connectivity index (χ4n) is 3.29. The maximum absolute atomic E-state index is 12.4. The summed E-state index contributed by atoms with van der Waals surface area (Å²) in [7, 11) is 0. The molecule has 0 saturated carbocycles. The highest BCUT2D eigenvalue weighted by Gasteiger charge is 2.22. The normalized spacial score (nSPS) is 13.6. The highest BCUT2D eigenvalue weighted by molar-refractivity contribution is 7.16. The van der Waals surface area contributed by atoms with E-state index in [1.807, 2.05) is 24.3 Å². The molecule has 1 N–H and O–H groups in total. The number of hydrogen-bond acceptors (Lipinski definition) is 4. The number of para-hydroxylation sites is 1. The second-order valence-electron chi connectivity index (χ2n) is 7.61. The molecule has 3 rings (SSSR count). The molecule has 1 amide bonds. The van der Waals surface area contributed by atoms with E-state index >= 15 is 0 Å². The van der Waals surface area contributed by atoms with Gasteiger partial charge >= 0.3 is 0 Å². The first-order valence-corrected chi connectivity index (χ1v) is 9.78. The number of nitriles is 1. The molecule has 136 valence electrons. The van der Waals surface area contributed by atoms with Crippen LogP contribution in [0.3, 0.4) is 0 Å². The lowest BCUT2D eigenvalue weighted by molar-refractivity contribution is -0.118. The maximum Gasteiger partial charge on any atom is 0.262 e. The summed E-state index contributed by atoms with van der Waals surface area (Å²) in [5, 5.41) is 13.0. The van der Waals surface area contributed by atoms with E-state index in [1.165, 1.54) is 16.2 Å². The van der Waals surface area contributed by atoms with Gasteiger partial charge in [-0.05, 0) is 48.3 Å². The lowest BCUT2D eigenvalue weighted by Gasteiger charge is -2.22. The van der Waals surface area contributed by atoms with Crippen LogP contribution in [-0.2, 0) is 23.1 Å². The Morgan fingerprint density at radius 1 is 1.27 bits per heavy atom. The fourth-order valence-corrected chi connectivity index (χ4v) is 4.55. The second-order valence-corrected chi connectivity index (χ2v) is 8.72. The summed E-state index contributed by atoms with van der Waals surface area (Å²) in [5.74, 6) is 0.491. The van der Waals surface area contributed by atoms with Gasteiger partial charge in [0.05, 0.1) is 5.56 Å². The molecule has 0 saturated heterocycles. The third kappa shape index (κ3) is 3.91. The van der Waals surface area contributed by atoms with Crippen LogP contribution in [0.1, 0.15) is 55.2 Å². The summed E-state index contributed by atoms with van der Waals surface area (Å²) in [4.78, 5) is 13.6. The van der Waals surface area contributed by atoms with Crippen molar-refractivity contribution in [3.8, 4) is 11.8 Å². The van der Waals surface area contributed by atoms with Crippen LogP contribution < -0.4 is 10.1 Å². The zero-order valence-electron chi connectivity index (χ0n) is 15.5. The summed E-state index contributed by atoms with van der Waals surface area (Å²) in [6.07, 6.45) is 4.19. The molecular weight excluding hydrogens is 344 g/mol. The van der Waals surface area contributed by atoms with Crippen LogP contribution in [0.5, 0.6) is 5.75 Å². The van der Waals surface area contributed by atoms with E-state index in [4.69, 9.17) is 4.74 Å². The van der Waals surface area contributed by atoms with Crippen LogP contribution >= 0.6 is 11.3 Å². The number of ether oxygens (including phenoxy) is 1. The highest BCUT2D eigenvalue weighted by Crippen LogP contribution is 2.37. The predicted molar refractivity (Wildman–Crippen MR) is 105 cm³/mol. The predicted octanol–water partition coefficient (Wildman–Crippen LogP) is 4.81. The molecule has 1 aromatic carbocycles. The quantitative estimate of drug-likeness (QED) is 0.842. The molecule has 2 aromatic rings. The Morgan fingerprint density at radius 2 is 2.00 bits per heavy atom. The van der Waals surface area contributed by atoms with E-state index in [0.29, 0.717) is 10.6 Å². The molecule has 0 bridgehead atoms. The van der Waals surface area contributed by atoms with Crippen molar-refractivity contribution in [2.75, 3.05) is 11.9 Å². The Balaban J connectivity index is 1.70. The van der Waals surface area contributed by atoms with Crippen LogP contribution in [-0.4, -0.2) is 12.5 Å². The molecular formula is C21H24N2O2S. The fraction of sp³-hybridized carbons (Fsp3) is 0.429. The van der Waals surface area contributed by atoms with Crippen molar-refractivity contribution >= 4 is 22.2 Å². The number of fused-ring (bicyclic) bond motifs is 1. The van der Waals surface area contributed by atoms with Gasteiger partial charge in [-0.2, -0.15) is 5.26 Å². The first-order valence-electron chi connectivity index (χ1n) is 8.97. The molecule has 4 nitrogen and oxygen atoms in total. The number of hydrogen-bond donors (Lipinski definition) is 1. The van der Waals surface area contributed by atoms with Gasteiger partial charge in [0, 0.05) is 4.88 Å². The Labute approximate surface area is 158 Å². The van der Waals surface area contributed by atoms with E-state index in [-0.39, 0.29) is 17.9 Å². The first kappa shape index (κ1) is 18.5. The van der Waals surface area contributed by atoms with E-state index in [2.05, 4.69) is 32.2 Å². The average Bonchev–Trinajstić information content (AvgIpc) is 2.96. The standard InChI is InChI=1S/C21H24N2O2S/c1-21(2,3)16-9-5-6-10-17(16)25-13-19(24)23-20-15(12-22)14-8-4-7-11-18(14)26-20/h5-6,9-10H,4,7-8,11,13H2,1-3H3,(H,23,24). The molecule has 0 atom stereocenters. The van der Waals surface area contributed by atoms with E-state index < -0.39 is 0 Å². The number of nitrogens with one attached hydrogen (secondary N) is 1. The van der Waals surface area contributed by atoms with Gasteiger partial charge in [0.1, 0.15) is 16.8 Å². The summed E-state index contributed by atoms with van der Waals surface area (Å²) in [5.41, 5.74) is 2.76. The molecule has 1 heterocycles. The van der Waals surface area contributed by atoms with E-state index in [1.54, 1.807) is 0 Å². The highest BCUT2D eigenvalue weighted by atomic mass is 32.1. The Bertz CT molecular complexity index is 856. The number of benzene rings is 1. The van der Waals surface area contributed by atoms with Crippen LogP contribution in [0.4, 0.5) is 5.00 Å². The number of anilines is 1. The van der Waals surface area contributed by atoms with Crippen molar-refractivity contribution in [2.24, 2.45) is 0 Å². The Kier molecular flexibility index (Phi) is 5.33. The van der Waals surface area contributed by atoms with Crippen LogP contribution in [0.2, 0.25) is 0 Å². The smallest absolute Gasteiger partial charge is 0.262 e. The average molecular weight is 369 g/mol. The molecule has 0 aliphatic heterocycles. The number of carbonyl (C=O) groups excluding carboxylic acids is 1. The molecule has 26 heavy (non-hydrogen) atoms. The minimum atomic E-state index is -0.233. The minimum Gasteiger partial charge on any atom is -0.483 e. The van der Waals surface area contributed by atoms with Gasteiger partial charge in [-0.15, -0.1) is 11.3 Å². The zero-order chi connectivity index (χ0) is 18.7. The monoisotopic (exact) mass is 368 g/mol. The molecule has 0 fully saturated rings. The van der Waals surface area contributed by atoms with Gasteiger partial charge in [-0.1, -0.05) is 39.0 Å². The van der Waals surface area contributed by atoms with E-state index in [9.17, 15) is 10.1 Å². The van der Waals surface area contributed by atoms with Crippen molar-refractivity contribution in [3.05, 3.63) is 45.8 Å². The number of amides is 1. The van der Waals surface area contributed by atoms with Gasteiger partial charge in [0.15, 0.2) is 6.61 Å². The largest absolute Gasteiger partial charge is 0.483 e. The molecule has 1 aliphatic rings. The SMILES string of the molecule is CC(C)(C)c1ccccc1OCC(=O)Nc1sc2c(c1C#N)CCCC2. The zero-order valence-corrected chi connectivity index (χ0v) is 16.3. The van der Waals surface area contributed by atoms with E-state index in [0.717, 1.165) is 42.6 Å². The summed E-state index contributed by atoms with van der Waals surface area (Å²) in [6, 6.07) is 10.1. The van der Waals surface area contributed by atoms with Crippen molar-refractivity contribution in [2.45, 2.75) is 51.9 Å². The third-order valence-corrected chi connectivity index (χ3v) is 5.80. The van der Waals surface area contributed by atoms with Crippen LogP contribution in [0.25, 0.3) is 0 Å². The molecule has 0 radical (unpaired) electrons. The van der Waals surface area contributed by atoms with Gasteiger partial charge in [-0.3, -0.25) is 4.79 Å². The molecule has 5 heteroatoms. The number of thiophene rings is 1. The van der Waals surface area contributed by atoms with Crippen LogP contribution in [0, 0.1) is 11.3 Å². The molecule has 0 spiro atoms. The molecule has 1 aromatic heterocycles. The number of nitrogens with zero attached hydrogens (tertiary/aromatic N) is 1. The van der Waals surface area contributed by atoms with Crippen molar-refractivity contribution < 1.29 is 9.53 Å². The minimum absolute atomic E-state index is 0.0617. The molecule has 0 unspecified atom stereocenters. The Morgan fingerprint density at radius 3 is 2.73 bits per heavy atom. The third-order valence-electron chi connectivity index (χ3n) is 4.59. The van der Waals surface area contributed by atoms with Gasteiger partial charge < -0.3 is 10.1 Å². The lowest BCUT2D eigenvalue weighted by atomic mass is 9.86. The van der Waals surface area contributed by atoms with Crippen molar-refractivity contribution in [1.82, 2.24) is 0 Å². The lowest BCUT2D eigenvalue weighted by Crippen LogP contribution is -2.22. The van der Waals surface area contributed by atoms with Gasteiger partial charge in [0.25, 0.3) is 5.91 Å². The summed E-state index contributed by atoms with van der Waals surface area (Å²) in [6.45, 7) is 6.28. The van der Waals surface area contributed by atoms with Crippen molar-refractivity contribution in [3.63, 3.8) is 0 Å². The Hall–Kier alpha value is -2.32. The number of rotatable bonds is 4. The summed E-state index contributed by atoms with van der Waals surface area (Å²) < 4.78 is 5.78. The molecule has 1 aliphatic carbocycles. The number of aryl methyl sites for hydroxylation is 1.